The summed E-state index contributed by atoms with van der Waals surface area (Å²) in [5, 5.41) is 14.9. The fourth-order valence-corrected chi connectivity index (χ4v) is 2.31. The van der Waals surface area contributed by atoms with Crippen molar-refractivity contribution in [3.63, 3.8) is 0 Å². The minimum Gasteiger partial charge on any atom is -0.334 e. The molecule has 3 N–H and O–H groups in total. The van der Waals surface area contributed by atoms with Crippen LogP contribution in [0.2, 0.25) is 5.02 Å². The lowest BCUT2D eigenvalue weighted by molar-refractivity contribution is -0.383. The number of aromatic nitrogens is 2. The van der Waals surface area contributed by atoms with Crippen LogP contribution in [0.25, 0.3) is 0 Å². The van der Waals surface area contributed by atoms with Crippen LogP contribution in [0, 0.1) is 10.1 Å². The molecule has 10 heteroatoms. The summed E-state index contributed by atoms with van der Waals surface area (Å²) in [4.78, 5) is 30.8. The maximum Gasteiger partial charge on any atom is 0.355 e. The monoisotopic (exact) mass is 384 g/mol. The van der Waals surface area contributed by atoms with Crippen LogP contribution in [0.4, 0.5) is 23.0 Å². The van der Waals surface area contributed by atoms with Crippen molar-refractivity contribution in [2.24, 2.45) is 0 Å². The first-order valence-corrected chi connectivity index (χ1v) is 8.06. The van der Waals surface area contributed by atoms with Crippen LogP contribution in [0.5, 0.6) is 0 Å². The molecule has 0 aliphatic carbocycles. The minimum atomic E-state index is -0.637. The molecule has 27 heavy (non-hydrogen) atoms. The van der Waals surface area contributed by atoms with Gasteiger partial charge in [-0.15, -0.1) is 0 Å². The van der Waals surface area contributed by atoms with Gasteiger partial charge in [-0.2, -0.15) is 0 Å². The third kappa shape index (κ3) is 4.47. The zero-order chi connectivity index (χ0) is 19.2. The van der Waals surface area contributed by atoms with Crippen molar-refractivity contribution in [2.45, 2.75) is 0 Å². The molecule has 0 aliphatic rings. The number of hydrogen-bond acceptors (Lipinski definition) is 7. The summed E-state index contributed by atoms with van der Waals surface area (Å²) < 4.78 is 0. The quantitative estimate of drug-likeness (QED) is 0.438. The van der Waals surface area contributed by atoms with Gasteiger partial charge in [0.15, 0.2) is 0 Å². The molecule has 3 rings (SSSR count). The molecule has 0 aliphatic heterocycles. The number of benzene rings is 2. The highest BCUT2D eigenvalue weighted by Crippen LogP contribution is 2.30. The summed E-state index contributed by atoms with van der Waals surface area (Å²) in [5.74, 6) is -0.669. The SMILES string of the molecule is O=C(NNc1ncnc(Nc2ccccc2)c1[N+](=O)[O-])c1ccc(Cl)cc1. The van der Waals surface area contributed by atoms with E-state index in [2.05, 4.69) is 26.1 Å². The molecule has 1 aromatic heterocycles. The molecule has 0 saturated carbocycles. The van der Waals surface area contributed by atoms with Gasteiger partial charge in [0.05, 0.1) is 4.92 Å². The molecular weight excluding hydrogens is 372 g/mol. The fraction of sp³-hybridized carbons (Fsp3) is 0. The summed E-state index contributed by atoms with van der Waals surface area (Å²) in [6.45, 7) is 0. The highest BCUT2D eigenvalue weighted by Gasteiger charge is 2.23. The molecule has 0 fully saturated rings. The maximum absolute atomic E-state index is 12.1. The van der Waals surface area contributed by atoms with Crippen molar-refractivity contribution in [1.82, 2.24) is 15.4 Å². The molecule has 3 aromatic rings. The van der Waals surface area contributed by atoms with Crippen LogP contribution in [0.15, 0.2) is 60.9 Å². The Morgan fingerprint density at radius 1 is 1.00 bits per heavy atom. The number of hydrogen-bond donors (Lipinski definition) is 3. The standard InChI is InChI=1S/C17H13ClN6O3/c18-12-8-6-11(7-9-12)17(25)23-22-16-14(24(26)27)15(19-10-20-16)21-13-4-2-1-3-5-13/h1-10H,(H,23,25)(H2,19,20,21,22). The number of para-hydroxylation sites is 1. The molecule has 1 amide bonds. The van der Waals surface area contributed by atoms with E-state index < -0.39 is 16.5 Å². The third-order valence-electron chi connectivity index (χ3n) is 3.44. The van der Waals surface area contributed by atoms with Crippen molar-refractivity contribution in [2.75, 3.05) is 10.7 Å². The van der Waals surface area contributed by atoms with E-state index in [9.17, 15) is 14.9 Å². The number of nitro groups is 1. The van der Waals surface area contributed by atoms with Gasteiger partial charge in [0.25, 0.3) is 5.91 Å². The second-order valence-corrected chi connectivity index (χ2v) is 5.69. The van der Waals surface area contributed by atoms with Crippen LogP contribution in [0.3, 0.4) is 0 Å². The predicted octanol–water partition coefficient (Wildman–Crippen LogP) is 3.54. The highest BCUT2D eigenvalue weighted by atomic mass is 35.5. The summed E-state index contributed by atoms with van der Waals surface area (Å²) in [6.07, 6.45) is 1.15. The molecule has 0 radical (unpaired) electrons. The van der Waals surface area contributed by atoms with Crippen molar-refractivity contribution >= 4 is 40.5 Å². The Balaban J connectivity index is 1.80. The van der Waals surface area contributed by atoms with Crippen molar-refractivity contribution < 1.29 is 9.72 Å². The van der Waals surface area contributed by atoms with Crippen LogP contribution >= 0.6 is 11.6 Å². The molecule has 1 heterocycles. The molecule has 0 atom stereocenters. The van der Waals surface area contributed by atoms with Gasteiger partial charge in [0, 0.05) is 16.3 Å². The summed E-state index contributed by atoms with van der Waals surface area (Å²) in [5.41, 5.74) is 5.38. The van der Waals surface area contributed by atoms with E-state index in [0.29, 0.717) is 16.3 Å². The largest absolute Gasteiger partial charge is 0.355 e. The van der Waals surface area contributed by atoms with E-state index in [0.717, 1.165) is 6.33 Å². The third-order valence-corrected chi connectivity index (χ3v) is 3.69. The lowest BCUT2D eigenvalue weighted by Gasteiger charge is -2.11. The van der Waals surface area contributed by atoms with Gasteiger partial charge >= 0.3 is 5.69 Å². The Morgan fingerprint density at radius 3 is 2.33 bits per heavy atom. The molecule has 2 aromatic carbocycles. The average molecular weight is 385 g/mol. The van der Waals surface area contributed by atoms with E-state index in [1.54, 1.807) is 36.4 Å². The van der Waals surface area contributed by atoms with Gasteiger partial charge in [-0.05, 0) is 36.4 Å². The Kier molecular flexibility index (Phi) is 5.43. The molecule has 0 saturated heterocycles. The van der Waals surface area contributed by atoms with Gasteiger partial charge in [-0.25, -0.2) is 9.97 Å². The Hall–Kier alpha value is -3.72. The topological polar surface area (TPSA) is 122 Å². The van der Waals surface area contributed by atoms with Crippen molar-refractivity contribution in [3.05, 3.63) is 81.6 Å². The van der Waals surface area contributed by atoms with Crippen LogP contribution in [-0.4, -0.2) is 20.8 Å². The summed E-state index contributed by atoms with van der Waals surface area (Å²) in [6, 6.07) is 15.0. The van der Waals surface area contributed by atoms with Crippen molar-refractivity contribution in [3.8, 4) is 0 Å². The van der Waals surface area contributed by atoms with E-state index in [-0.39, 0.29) is 11.6 Å². The predicted molar refractivity (Wildman–Crippen MR) is 101 cm³/mol. The highest BCUT2D eigenvalue weighted by molar-refractivity contribution is 6.30. The first kappa shape index (κ1) is 18.1. The average Bonchev–Trinajstić information content (AvgIpc) is 2.67. The first-order chi connectivity index (χ1) is 13.0. The van der Waals surface area contributed by atoms with Gasteiger partial charge in [0.1, 0.15) is 6.33 Å². The number of amides is 1. The molecular formula is C17H13ClN6O3. The van der Waals surface area contributed by atoms with E-state index in [1.807, 2.05) is 6.07 Å². The molecule has 0 spiro atoms. The summed E-state index contributed by atoms with van der Waals surface area (Å²) in [7, 11) is 0. The second-order valence-electron chi connectivity index (χ2n) is 5.25. The van der Waals surface area contributed by atoms with Gasteiger partial charge in [0.2, 0.25) is 11.6 Å². The second kappa shape index (κ2) is 8.11. The fourth-order valence-electron chi connectivity index (χ4n) is 2.18. The number of carbonyl (C=O) groups is 1. The Labute approximate surface area is 158 Å². The molecule has 0 unspecified atom stereocenters. The molecule has 9 nitrogen and oxygen atoms in total. The Bertz CT molecular complexity index is 966. The zero-order valence-electron chi connectivity index (χ0n) is 13.7. The van der Waals surface area contributed by atoms with Crippen LogP contribution < -0.4 is 16.2 Å². The van der Waals surface area contributed by atoms with Crippen molar-refractivity contribution in [1.29, 1.82) is 0 Å². The number of carbonyl (C=O) groups excluding carboxylic acids is 1. The number of anilines is 3. The van der Waals surface area contributed by atoms with Gasteiger partial charge in [-0.3, -0.25) is 25.8 Å². The van der Waals surface area contributed by atoms with E-state index in [1.165, 1.54) is 12.1 Å². The number of nitrogens with zero attached hydrogens (tertiary/aromatic N) is 3. The number of hydrazine groups is 1. The van der Waals surface area contributed by atoms with E-state index >= 15 is 0 Å². The minimum absolute atomic E-state index is 0.00978. The Morgan fingerprint density at radius 2 is 1.67 bits per heavy atom. The molecule has 0 bridgehead atoms. The zero-order valence-corrected chi connectivity index (χ0v) is 14.5. The number of halogens is 1. The smallest absolute Gasteiger partial charge is 0.334 e. The van der Waals surface area contributed by atoms with Crippen LogP contribution in [0.1, 0.15) is 10.4 Å². The van der Waals surface area contributed by atoms with Gasteiger partial charge < -0.3 is 5.32 Å². The lowest BCUT2D eigenvalue weighted by Crippen LogP contribution is -2.30. The normalized spacial score (nSPS) is 10.1. The first-order valence-electron chi connectivity index (χ1n) is 7.68. The van der Waals surface area contributed by atoms with E-state index in [4.69, 9.17) is 11.6 Å². The van der Waals surface area contributed by atoms with Crippen LogP contribution in [-0.2, 0) is 0 Å². The lowest BCUT2D eigenvalue weighted by atomic mass is 10.2. The van der Waals surface area contributed by atoms with Gasteiger partial charge in [-0.1, -0.05) is 29.8 Å². The molecule has 136 valence electrons. The number of nitrogens with one attached hydrogen (secondary N) is 3. The number of rotatable bonds is 6. The summed E-state index contributed by atoms with van der Waals surface area (Å²) >= 11 is 5.78. The maximum atomic E-state index is 12.1.